The van der Waals surface area contributed by atoms with Gasteiger partial charge < -0.3 is 15.0 Å². The van der Waals surface area contributed by atoms with E-state index in [1.165, 1.54) is 0 Å². The molecule has 0 bridgehead atoms. The third kappa shape index (κ3) is 4.84. The van der Waals surface area contributed by atoms with Crippen molar-refractivity contribution in [3.63, 3.8) is 0 Å². The summed E-state index contributed by atoms with van der Waals surface area (Å²) >= 11 is 0. The molecule has 19 heavy (non-hydrogen) atoms. The molecule has 0 aliphatic rings. The Kier molecular flexibility index (Phi) is 5.25. The Balaban J connectivity index is 2.80. The van der Waals surface area contributed by atoms with Crippen molar-refractivity contribution in [2.24, 2.45) is 5.84 Å². The predicted octanol–water partition coefficient (Wildman–Crippen LogP) is 0.450. The van der Waals surface area contributed by atoms with E-state index in [0.717, 1.165) is 0 Å². The van der Waals surface area contributed by atoms with E-state index in [1.807, 2.05) is 34.9 Å². The minimum Gasteiger partial charge on any atom is -0.374 e. The Hall–Kier alpha value is -1.67. The highest BCUT2D eigenvalue weighted by Gasteiger charge is 2.18. The fourth-order valence-electron chi connectivity index (χ4n) is 1.44. The number of hydrogen-bond donors (Lipinski definition) is 3. The van der Waals surface area contributed by atoms with Gasteiger partial charge in [0, 0.05) is 27.2 Å². The van der Waals surface area contributed by atoms with Gasteiger partial charge in [-0.15, -0.1) is 0 Å². The third-order valence-electron chi connectivity index (χ3n) is 2.36. The highest BCUT2D eigenvalue weighted by Crippen LogP contribution is 2.13. The topological polar surface area (TPSA) is 101 Å². The number of hydrazine groups is 1. The molecule has 4 N–H and O–H groups in total. The van der Waals surface area contributed by atoms with E-state index in [9.17, 15) is 0 Å². The monoisotopic (exact) mass is 269 g/mol. The summed E-state index contributed by atoms with van der Waals surface area (Å²) in [6, 6.07) is 0. The van der Waals surface area contributed by atoms with Crippen LogP contribution in [0.15, 0.2) is 0 Å². The van der Waals surface area contributed by atoms with Gasteiger partial charge in [-0.3, -0.25) is 5.43 Å². The van der Waals surface area contributed by atoms with Crippen LogP contribution in [0.2, 0.25) is 0 Å². The maximum absolute atomic E-state index is 5.60. The Morgan fingerprint density at radius 3 is 2.37 bits per heavy atom. The number of nitrogen functional groups attached to an aromatic ring is 1. The van der Waals surface area contributed by atoms with Crippen molar-refractivity contribution in [3.8, 4) is 0 Å². The van der Waals surface area contributed by atoms with E-state index in [-0.39, 0.29) is 5.60 Å². The molecule has 0 spiro atoms. The first-order valence-electron chi connectivity index (χ1n) is 6.16. The van der Waals surface area contributed by atoms with Crippen LogP contribution in [0.5, 0.6) is 0 Å². The molecule has 0 aromatic carbocycles. The quantitative estimate of drug-likeness (QED) is 0.484. The summed E-state index contributed by atoms with van der Waals surface area (Å²) in [7, 11) is 3.70. The molecule has 1 rings (SSSR count). The van der Waals surface area contributed by atoms with Gasteiger partial charge in [0.15, 0.2) is 0 Å². The summed E-state index contributed by atoms with van der Waals surface area (Å²) in [5.74, 6) is 6.64. The molecular formula is C11H23N7O. The first-order chi connectivity index (χ1) is 8.88. The van der Waals surface area contributed by atoms with Crippen LogP contribution in [-0.2, 0) is 4.74 Å². The zero-order valence-electron chi connectivity index (χ0n) is 12.2. The second-order valence-corrected chi connectivity index (χ2v) is 4.87. The fraction of sp³-hybridized carbons (Fsp3) is 0.727. The molecule has 0 aliphatic heterocycles. The van der Waals surface area contributed by atoms with Gasteiger partial charge in [-0.1, -0.05) is 0 Å². The smallest absolute Gasteiger partial charge is 0.243 e. The Morgan fingerprint density at radius 2 is 1.84 bits per heavy atom. The molecular weight excluding hydrogens is 246 g/mol. The molecule has 1 heterocycles. The SMILES string of the molecule is CCOC(C)(C)CNc1nc(NN)nc(N(C)C)n1. The van der Waals surface area contributed by atoms with Crippen molar-refractivity contribution in [1.82, 2.24) is 15.0 Å². The maximum Gasteiger partial charge on any atom is 0.243 e. The van der Waals surface area contributed by atoms with Crippen molar-refractivity contribution >= 4 is 17.8 Å². The number of ether oxygens (including phenoxy) is 1. The molecule has 0 saturated carbocycles. The second kappa shape index (κ2) is 6.48. The van der Waals surface area contributed by atoms with E-state index in [1.54, 1.807) is 4.90 Å². The standard InChI is InChI=1S/C11H23N7O/c1-6-19-11(2,3)7-13-8-14-9(17-12)16-10(15-8)18(4)5/h6-7,12H2,1-5H3,(H2,13,14,15,16,17). The summed E-state index contributed by atoms with van der Waals surface area (Å²) in [6.45, 7) is 7.21. The van der Waals surface area contributed by atoms with Crippen LogP contribution in [-0.4, -0.2) is 47.8 Å². The molecule has 8 nitrogen and oxygen atoms in total. The van der Waals surface area contributed by atoms with Gasteiger partial charge in [0.05, 0.1) is 5.60 Å². The third-order valence-corrected chi connectivity index (χ3v) is 2.36. The zero-order chi connectivity index (χ0) is 14.5. The van der Waals surface area contributed by atoms with Gasteiger partial charge in [0.1, 0.15) is 0 Å². The van der Waals surface area contributed by atoms with Gasteiger partial charge >= 0.3 is 0 Å². The second-order valence-electron chi connectivity index (χ2n) is 4.87. The lowest BCUT2D eigenvalue weighted by molar-refractivity contribution is 0.000581. The molecule has 0 saturated heterocycles. The van der Waals surface area contributed by atoms with Crippen molar-refractivity contribution in [1.29, 1.82) is 0 Å². The van der Waals surface area contributed by atoms with Crippen LogP contribution >= 0.6 is 0 Å². The molecule has 1 aromatic heterocycles. The van der Waals surface area contributed by atoms with Crippen LogP contribution in [0.1, 0.15) is 20.8 Å². The van der Waals surface area contributed by atoms with E-state index in [2.05, 4.69) is 25.7 Å². The van der Waals surface area contributed by atoms with Crippen LogP contribution < -0.4 is 21.5 Å². The summed E-state index contributed by atoms with van der Waals surface area (Å²) in [5.41, 5.74) is 2.13. The van der Waals surface area contributed by atoms with Gasteiger partial charge in [-0.25, -0.2) is 5.84 Å². The molecule has 0 unspecified atom stereocenters. The first-order valence-corrected chi connectivity index (χ1v) is 6.16. The number of aromatic nitrogens is 3. The van der Waals surface area contributed by atoms with Gasteiger partial charge in [-0.05, 0) is 20.8 Å². The van der Waals surface area contributed by atoms with Crippen LogP contribution in [0.3, 0.4) is 0 Å². The van der Waals surface area contributed by atoms with E-state index < -0.39 is 0 Å². The minimum absolute atomic E-state index is 0.296. The first kappa shape index (κ1) is 15.4. The number of nitrogens with two attached hydrogens (primary N) is 1. The van der Waals surface area contributed by atoms with E-state index >= 15 is 0 Å². The normalized spacial score (nSPS) is 11.3. The maximum atomic E-state index is 5.60. The number of anilines is 3. The van der Waals surface area contributed by atoms with Crippen molar-refractivity contribution in [2.45, 2.75) is 26.4 Å². The Labute approximate surface area is 113 Å². The number of hydrogen-bond acceptors (Lipinski definition) is 8. The van der Waals surface area contributed by atoms with Gasteiger partial charge in [0.2, 0.25) is 17.8 Å². The molecule has 0 atom stereocenters. The molecule has 0 radical (unpaired) electrons. The fourth-order valence-corrected chi connectivity index (χ4v) is 1.44. The van der Waals surface area contributed by atoms with Crippen LogP contribution in [0.4, 0.5) is 17.8 Å². The average Bonchev–Trinajstić information content (AvgIpc) is 2.36. The Morgan fingerprint density at radius 1 is 1.21 bits per heavy atom. The van der Waals surface area contributed by atoms with Crippen molar-refractivity contribution in [2.75, 3.05) is 42.9 Å². The summed E-state index contributed by atoms with van der Waals surface area (Å²) in [5, 5.41) is 3.13. The van der Waals surface area contributed by atoms with Crippen LogP contribution in [0, 0.1) is 0 Å². The Bertz CT molecular complexity index is 408. The van der Waals surface area contributed by atoms with Crippen molar-refractivity contribution < 1.29 is 4.74 Å². The summed E-state index contributed by atoms with van der Waals surface area (Å²) in [4.78, 5) is 14.3. The molecule has 0 amide bonds. The average molecular weight is 269 g/mol. The lowest BCUT2D eigenvalue weighted by Gasteiger charge is -2.25. The minimum atomic E-state index is -0.296. The highest BCUT2D eigenvalue weighted by molar-refractivity contribution is 5.42. The molecule has 0 aliphatic carbocycles. The summed E-state index contributed by atoms with van der Waals surface area (Å²) < 4.78 is 5.60. The molecule has 8 heteroatoms. The summed E-state index contributed by atoms with van der Waals surface area (Å²) in [6.07, 6.45) is 0. The number of rotatable bonds is 7. The van der Waals surface area contributed by atoms with Crippen molar-refractivity contribution in [3.05, 3.63) is 0 Å². The zero-order valence-corrected chi connectivity index (χ0v) is 12.2. The van der Waals surface area contributed by atoms with Crippen LogP contribution in [0.25, 0.3) is 0 Å². The molecule has 108 valence electrons. The highest BCUT2D eigenvalue weighted by atomic mass is 16.5. The number of nitrogens with one attached hydrogen (secondary N) is 2. The lowest BCUT2D eigenvalue weighted by Crippen LogP contribution is -2.34. The van der Waals surface area contributed by atoms with E-state index in [0.29, 0.717) is 31.0 Å². The largest absolute Gasteiger partial charge is 0.374 e. The molecule has 1 aromatic rings. The molecule has 0 fully saturated rings. The van der Waals surface area contributed by atoms with Gasteiger partial charge in [-0.2, -0.15) is 15.0 Å². The van der Waals surface area contributed by atoms with E-state index in [4.69, 9.17) is 10.6 Å². The lowest BCUT2D eigenvalue weighted by atomic mass is 10.1. The number of nitrogens with zero attached hydrogens (tertiary/aromatic N) is 4. The van der Waals surface area contributed by atoms with Gasteiger partial charge in [0.25, 0.3) is 0 Å². The predicted molar refractivity (Wildman–Crippen MR) is 76.2 cm³/mol.